The second-order valence-corrected chi connectivity index (χ2v) is 9.37. The zero-order valence-electron chi connectivity index (χ0n) is 16.8. The number of hydrogen-bond donors (Lipinski definition) is 3. The van der Waals surface area contributed by atoms with Gasteiger partial charge in [-0.1, -0.05) is 23.7 Å². The van der Waals surface area contributed by atoms with Crippen molar-refractivity contribution in [1.29, 1.82) is 0 Å². The summed E-state index contributed by atoms with van der Waals surface area (Å²) in [6.45, 7) is 1.95. The van der Waals surface area contributed by atoms with Gasteiger partial charge in [0.25, 0.3) is 5.91 Å². The Balaban J connectivity index is 1.34. The summed E-state index contributed by atoms with van der Waals surface area (Å²) < 4.78 is 1.98. The number of anilines is 4. The number of carbonyl (C=O) groups excluding carboxylic acids is 1. The van der Waals surface area contributed by atoms with Crippen molar-refractivity contribution in [3.05, 3.63) is 75.7 Å². The standard InChI is InChI=1S/C22H17ClN6OS2/c1-12-20(29-9-8-13(23)10-18(29)25-12)16-11-31-22(27-16)28-19-7-6-17(32-19)21(30)26-15-5-3-2-4-14(15)24/h2-11H,24H2,1H3,(H,26,30)(H,27,28). The van der Waals surface area contributed by atoms with E-state index in [9.17, 15) is 4.79 Å². The van der Waals surface area contributed by atoms with Crippen LogP contribution in [0.25, 0.3) is 17.0 Å². The first-order chi connectivity index (χ1) is 15.5. The van der Waals surface area contributed by atoms with Crippen molar-refractivity contribution in [3.63, 3.8) is 0 Å². The molecule has 0 bridgehead atoms. The Morgan fingerprint density at radius 2 is 2.00 bits per heavy atom. The Morgan fingerprint density at radius 3 is 2.84 bits per heavy atom. The fourth-order valence-electron chi connectivity index (χ4n) is 3.31. The number of hydrogen-bond acceptors (Lipinski definition) is 7. The topological polar surface area (TPSA) is 97.3 Å². The number of halogens is 1. The predicted octanol–water partition coefficient (Wildman–Crippen LogP) is 6.06. The third-order valence-corrected chi connectivity index (χ3v) is 6.77. The molecule has 0 radical (unpaired) electrons. The van der Waals surface area contributed by atoms with Crippen LogP contribution in [-0.2, 0) is 0 Å². The van der Waals surface area contributed by atoms with Gasteiger partial charge in [-0.05, 0) is 37.3 Å². The number of aromatic nitrogens is 3. The van der Waals surface area contributed by atoms with E-state index >= 15 is 0 Å². The smallest absolute Gasteiger partial charge is 0.265 e. The van der Waals surface area contributed by atoms with Crippen LogP contribution >= 0.6 is 34.3 Å². The summed E-state index contributed by atoms with van der Waals surface area (Å²) in [7, 11) is 0. The number of nitrogen functional groups attached to an aromatic ring is 1. The molecule has 0 aliphatic rings. The average molecular weight is 481 g/mol. The molecule has 5 rings (SSSR count). The summed E-state index contributed by atoms with van der Waals surface area (Å²) in [5, 5.41) is 10.3. The van der Waals surface area contributed by atoms with Crippen LogP contribution in [0.3, 0.4) is 0 Å². The number of aryl methyl sites for hydroxylation is 1. The summed E-state index contributed by atoms with van der Waals surface area (Å²) in [6.07, 6.45) is 1.89. The molecular formula is C22H17ClN6OS2. The van der Waals surface area contributed by atoms with Crippen molar-refractivity contribution < 1.29 is 4.79 Å². The van der Waals surface area contributed by atoms with Crippen LogP contribution in [0.2, 0.25) is 5.02 Å². The highest BCUT2D eigenvalue weighted by atomic mass is 35.5. The van der Waals surface area contributed by atoms with Gasteiger partial charge in [-0.15, -0.1) is 22.7 Å². The highest BCUT2D eigenvalue weighted by Crippen LogP contribution is 2.32. The first-order valence-corrected chi connectivity index (χ1v) is 11.7. The fourth-order valence-corrected chi connectivity index (χ4v) is 5.04. The summed E-state index contributed by atoms with van der Waals surface area (Å²) in [4.78, 5) is 22.4. The Hall–Kier alpha value is -3.40. The second kappa shape index (κ2) is 8.27. The quantitative estimate of drug-likeness (QED) is 0.266. The molecule has 0 saturated heterocycles. The number of benzene rings is 1. The van der Waals surface area contributed by atoms with Gasteiger partial charge in [0.05, 0.1) is 32.6 Å². The number of thiophene rings is 1. The highest BCUT2D eigenvalue weighted by Gasteiger charge is 2.16. The molecule has 1 aromatic carbocycles. The molecule has 32 heavy (non-hydrogen) atoms. The van der Waals surface area contributed by atoms with Gasteiger partial charge in [0.1, 0.15) is 11.3 Å². The molecule has 1 amide bonds. The molecule has 10 heteroatoms. The molecule has 0 atom stereocenters. The summed E-state index contributed by atoms with van der Waals surface area (Å²) in [5.41, 5.74) is 10.4. The molecule has 0 fully saturated rings. The van der Waals surface area contributed by atoms with Crippen molar-refractivity contribution >= 4 is 67.3 Å². The molecule has 0 spiro atoms. The molecule has 4 N–H and O–H groups in total. The maximum absolute atomic E-state index is 12.6. The van der Waals surface area contributed by atoms with Gasteiger partial charge in [-0.2, -0.15) is 0 Å². The van der Waals surface area contributed by atoms with E-state index in [1.54, 1.807) is 18.2 Å². The molecule has 0 aliphatic carbocycles. The van der Waals surface area contributed by atoms with Gasteiger partial charge in [-0.3, -0.25) is 9.20 Å². The normalized spacial score (nSPS) is 11.1. The number of pyridine rings is 1. The van der Waals surface area contributed by atoms with Crippen molar-refractivity contribution in [2.24, 2.45) is 0 Å². The number of imidazole rings is 1. The SMILES string of the molecule is Cc1nc2cc(Cl)ccn2c1-c1csc(Nc2ccc(C(=O)Nc3ccccc3N)s2)n1. The van der Waals surface area contributed by atoms with Crippen LogP contribution in [0, 0.1) is 6.92 Å². The van der Waals surface area contributed by atoms with Crippen LogP contribution in [0.15, 0.2) is 60.1 Å². The lowest BCUT2D eigenvalue weighted by atomic mass is 10.2. The van der Waals surface area contributed by atoms with Crippen LogP contribution in [0.5, 0.6) is 0 Å². The maximum Gasteiger partial charge on any atom is 0.265 e. The first-order valence-electron chi connectivity index (χ1n) is 9.61. The molecular weight excluding hydrogens is 464 g/mol. The second-order valence-electron chi connectivity index (χ2n) is 6.99. The minimum Gasteiger partial charge on any atom is -0.397 e. The minimum atomic E-state index is -0.208. The average Bonchev–Trinajstić information content (AvgIpc) is 3.48. The highest BCUT2D eigenvalue weighted by molar-refractivity contribution is 7.19. The molecule has 7 nitrogen and oxygen atoms in total. The van der Waals surface area contributed by atoms with E-state index in [-0.39, 0.29) is 5.91 Å². The Kier molecular flexibility index (Phi) is 5.30. The van der Waals surface area contributed by atoms with Crippen LogP contribution in [0.4, 0.5) is 21.5 Å². The van der Waals surface area contributed by atoms with Gasteiger partial charge in [0.2, 0.25) is 0 Å². The molecule has 0 saturated carbocycles. The molecule has 4 heterocycles. The van der Waals surface area contributed by atoms with Crippen LogP contribution in [-0.4, -0.2) is 20.3 Å². The number of amides is 1. The zero-order chi connectivity index (χ0) is 22.2. The van der Waals surface area contributed by atoms with Crippen LogP contribution in [0.1, 0.15) is 15.4 Å². The van der Waals surface area contributed by atoms with Gasteiger partial charge in [0.15, 0.2) is 5.13 Å². The number of fused-ring (bicyclic) bond motifs is 1. The largest absolute Gasteiger partial charge is 0.397 e. The Labute approximate surface area is 196 Å². The van der Waals surface area contributed by atoms with E-state index in [1.807, 2.05) is 53.2 Å². The number of para-hydroxylation sites is 2. The van der Waals surface area contributed by atoms with Gasteiger partial charge in [-0.25, -0.2) is 9.97 Å². The molecule has 4 aromatic heterocycles. The minimum absolute atomic E-state index is 0.208. The molecule has 5 aromatic rings. The van der Waals surface area contributed by atoms with Crippen molar-refractivity contribution in [1.82, 2.24) is 14.4 Å². The van der Waals surface area contributed by atoms with E-state index in [4.69, 9.17) is 22.3 Å². The lowest BCUT2D eigenvalue weighted by molar-refractivity contribution is 0.103. The van der Waals surface area contributed by atoms with Gasteiger partial charge >= 0.3 is 0 Å². The summed E-state index contributed by atoms with van der Waals surface area (Å²) in [5.74, 6) is -0.208. The van der Waals surface area contributed by atoms with Gasteiger partial charge < -0.3 is 16.4 Å². The predicted molar refractivity (Wildman–Crippen MR) is 132 cm³/mol. The van der Waals surface area contributed by atoms with Crippen LogP contribution < -0.4 is 16.4 Å². The molecule has 0 unspecified atom stereocenters. The number of carbonyl (C=O) groups is 1. The lowest BCUT2D eigenvalue weighted by Gasteiger charge is -2.06. The summed E-state index contributed by atoms with van der Waals surface area (Å²) >= 11 is 8.92. The number of nitrogens with one attached hydrogen (secondary N) is 2. The number of nitrogens with two attached hydrogens (primary N) is 1. The van der Waals surface area contributed by atoms with Crippen molar-refractivity contribution in [3.8, 4) is 11.4 Å². The Morgan fingerprint density at radius 1 is 1.16 bits per heavy atom. The third kappa shape index (κ3) is 3.93. The Bertz CT molecular complexity index is 1450. The zero-order valence-corrected chi connectivity index (χ0v) is 19.2. The van der Waals surface area contributed by atoms with E-state index in [2.05, 4.69) is 15.6 Å². The number of rotatable bonds is 5. The van der Waals surface area contributed by atoms with Gasteiger partial charge in [0, 0.05) is 22.7 Å². The first kappa shape index (κ1) is 20.5. The monoisotopic (exact) mass is 480 g/mol. The van der Waals surface area contributed by atoms with E-state index in [0.29, 0.717) is 21.3 Å². The van der Waals surface area contributed by atoms with Crippen molar-refractivity contribution in [2.45, 2.75) is 6.92 Å². The summed E-state index contributed by atoms with van der Waals surface area (Å²) in [6, 6.07) is 14.4. The number of thiazole rings is 1. The maximum atomic E-state index is 12.6. The molecule has 0 aliphatic heterocycles. The number of nitrogens with zero attached hydrogens (tertiary/aromatic N) is 3. The van der Waals surface area contributed by atoms with Crippen molar-refractivity contribution in [2.75, 3.05) is 16.4 Å². The fraction of sp³-hybridized carbons (Fsp3) is 0.0455. The lowest BCUT2D eigenvalue weighted by Crippen LogP contribution is -2.11. The van der Waals surface area contributed by atoms with E-state index in [0.717, 1.165) is 32.9 Å². The third-order valence-electron chi connectivity index (χ3n) is 4.78. The van der Waals surface area contributed by atoms with E-state index in [1.165, 1.54) is 22.7 Å². The molecule has 160 valence electrons. The van der Waals surface area contributed by atoms with E-state index < -0.39 is 0 Å².